The van der Waals surface area contributed by atoms with Gasteiger partial charge in [-0.05, 0) is 42.2 Å². The maximum absolute atomic E-state index is 11.8. The molecule has 0 bridgehead atoms. The number of hydrogen-bond acceptors (Lipinski definition) is 2. The summed E-state index contributed by atoms with van der Waals surface area (Å²) in [6.07, 6.45) is 8.03. The van der Waals surface area contributed by atoms with Gasteiger partial charge in [-0.2, -0.15) is 0 Å². The first kappa shape index (κ1) is 15.5. The summed E-state index contributed by atoms with van der Waals surface area (Å²) >= 11 is 0. The molecule has 3 heteroatoms. The quantitative estimate of drug-likeness (QED) is 0.841. The van der Waals surface area contributed by atoms with Crippen LogP contribution in [0.1, 0.15) is 56.6 Å². The first-order valence-electron chi connectivity index (χ1n) is 8.66. The van der Waals surface area contributed by atoms with Crippen LogP contribution in [-0.2, 0) is 17.8 Å². The van der Waals surface area contributed by atoms with E-state index in [1.54, 1.807) is 0 Å². The molecule has 0 spiro atoms. The van der Waals surface area contributed by atoms with Crippen molar-refractivity contribution in [1.82, 2.24) is 5.32 Å². The van der Waals surface area contributed by atoms with Crippen LogP contribution in [0.25, 0.3) is 0 Å². The summed E-state index contributed by atoms with van der Waals surface area (Å²) in [4.78, 5) is 11.8. The molecule has 0 amide bonds. The molecule has 120 valence electrons. The predicted molar refractivity (Wildman–Crippen MR) is 87.7 cm³/mol. The Morgan fingerprint density at radius 3 is 2.64 bits per heavy atom. The highest BCUT2D eigenvalue weighted by molar-refractivity contribution is 5.79. The number of rotatable bonds is 6. The van der Waals surface area contributed by atoms with Crippen LogP contribution in [0.2, 0.25) is 0 Å². The minimum Gasteiger partial charge on any atom is -0.480 e. The molecule has 0 radical (unpaired) electrons. The second-order valence-corrected chi connectivity index (χ2v) is 7.24. The van der Waals surface area contributed by atoms with Crippen LogP contribution in [0.15, 0.2) is 24.3 Å². The van der Waals surface area contributed by atoms with E-state index in [-0.39, 0.29) is 5.92 Å². The molecule has 0 heterocycles. The van der Waals surface area contributed by atoms with Crippen LogP contribution in [-0.4, -0.2) is 16.6 Å². The summed E-state index contributed by atoms with van der Waals surface area (Å²) in [7, 11) is 0. The number of hydrogen-bond donors (Lipinski definition) is 2. The van der Waals surface area contributed by atoms with Crippen molar-refractivity contribution in [3.05, 3.63) is 35.4 Å². The fraction of sp³-hybridized carbons (Fsp3) is 0.632. The van der Waals surface area contributed by atoms with E-state index < -0.39 is 11.5 Å². The standard InChI is InChI=1S/C19H27NO2/c1-14-5-4-10-19(14,18(21)22)20-13-17-9-3-8-16(12-17)11-15-6-2-7-15/h3,8-9,12,14-15,20H,2,4-7,10-11,13H2,1H3,(H,21,22). The van der Waals surface area contributed by atoms with Crippen LogP contribution in [0.4, 0.5) is 0 Å². The Kier molecular flexibility index (Phi) is 4.53. The van der Waals surface area contributed by atoms with Crippen molar-refractivity contribution >= 4 is 5.97 Å². The lowest BCUT2D eigenvalue weighted by atomic mass is 9.81. The molecule has 3 rings (SSSR count). The van der Waals surface area contributed by atoms with E-state index in [4.69, 9.17) is 0 Å². The third-order valence-corrected chi connectivity index (χ3v) is 5.78. The van der Waals surface area contributed by atoms with Crippen molar-refractivity contribution in [2.75, 3.05) is 0 Å². The highest BCUT2D eigenvalue weighted by Crippen LogP contribution is 2.36. The van der Waals surface area contributed by atoms with Gasteiger partial charge in [0.05, 0.1) is 0 Å². The maximum Gasteiger partial charge on any atom is 0.324 e. The average Bonchev–Trinajstić information content (AvgIpc) is 2.84. The molecule has 1 aromatic carbocycles. The van der Waals surface area contributed by atoms with Gasteiger partial charge in [-0.3, -0.25) is 10.1 Å². The largest absolute Gasteiger partial charge is 0.480 e. The van der Waals surface area contributed by atoms with E-state index in [1.807, 2.05) is 0 Å². The van der Waals surface area contributed by atoms with Crippen molar-refractivity contribution in [3.63, 3.8) is 0 Å². The van der Waals surface area contributed by atoms with Crippen molar-refractivity contribution in [2.45, 2.75) is 64.0 Å². The van der Waals surface area contributed by atoms with E-state index in [9.17, 15) is 9.90 Å². The summed E-state index contributed by atoms with van der Waals surface area (Å²) in [6, 6.07) is 8.66. The first-order valence-corrected chi connectivity index (χ1v) is 8.66. The zero-order valence-electron chi connectivity index (χ0n) is 13.5. The molecule has 2 aliphatic carbocycles. The van der Waals surface area contributed by atoms with E-state index in [1.165, 1.54) is 36.8 Å². The van der Waals surface area contributed by atoms with Gasteiger partial charge in [0.2, 0.25) is 0 Å². The molecule has 0 aliphatic heterocycles. The highest BCUT2D eigenvalue weighted by Gasteiger charge is 2.46. The number of carbonyl (C=O) groups is 1. The normalized spacial score (nSPS) is 28.5. The van der Waals surface area contributed by atoms with Crippen LogP contribution in [0.3, 0.4) is 0 Å². The van der Waals surface area contributed by atoms with Crippen LogP contribution < -0.4 is 5.32 Å². The SMILES string of the molecule is CC1CCCC1(NCc1cccc(CC2CCC2)c1)C(=O)O. The zero-order valence-corrected chi connectivity index (χ0v) is 13.5. The van der Waals surface area contributed by atoms with E-state index in [2.05, 4.69) is 36.5 Å². The van der Waals surface area contributed by atoms with Gasteiger partial charge in [0, 0.05) is 6.54 Å². The lowest BCUT2D eigenvalue weighted by molar-refractivity contribution is -0.146. The molecule has 22 heavy (non-hydrogen) atoms. The van der Waals surface area contributed by atoms with Crippen molar-refractivity contribution in [1.29, 1.82) is 0 Å². The highest BCUT2D eigenvalue weighted by atomic mass is 16.4. The molecule has 2 saturated carbocycles. The third kappa shape index (κ3) is 3.05. The number of benzene rings is 1. The Hall–Kier alpha value is -1.35. The van der Waals surface area contributed by atoms with Crippen LogP contribution in [0.5, 0.6) is 0 Å². The predicted octanol–water partition coefficient (Wildman–Crippen LogP) is 3.76. The van der Waals surface area contributed by atoms with Gasteiger partial charge < -0.3 is 5.11 Å². The number of nitrogens with one attached hydrogen (secondary N) is 1. The van der Waals surface area contributed by atoms with Crippen molar-refractivity contribution < 1.29 is 9.90 Å². The Balaban J connectivity index is 1.65. The Morgan fingerprint density at radius 2 is 2.05 bits per heavy atom. The molecule has 2 unspecified atom stereocenters. The maximum atomic E-state index is 11.8. The molecule has 2 fully saturated rings. The van der Waals surface area contributed by atoms with Crippen molar-refractivity contribution in [3.8, 4) is 0 Å². The lowest BCUT2D eigenvalue weighted by Crippen LogP contribution is -2.53. The van der Waals surface area contributed by atoms with Crippen molar-refractivity contribution in [2.24, 2.45) is 11.8 Å². The fourth-order valence-electron chi connectivity index (χ4n) is 3.99. The minimum atomic E-state index is -0.732. The van der Waals surface area contributed by atoms with Gasteiger partial charge >= 0.3 is 5.97 Å². The fourth-order valence-corrected chi connectivity index (χ4v) is 3.99. The summed E-state index contributed by atoms with van der Waals surface area (Å²) < 4.78 is 0. The molecular formula is C19H27NO2. The van der Waals surface area contributed by atoms with Gasteiger partial charge in [0.25, 0.3) is 0 Å². The van der Waals surface area contributed by atoms with Gasteiger partial charge in [0.15, 0.2) is 0 Å². The zero-order chi connectivity index (χ0) is 15.6. The Labute approximate surface area is 133 Å². The second kappa shape index (κ2) is 6.41. The van der Waals surface area contributed by atoms with Crippen LogP contribution >= 0.6 is 0 Å². The van der Waals surface area contributed by atoms with E-state index in [0.717, 1.165) is 25.2 Å². The number of aliphatic carboxylic acids is 1. The summed E-state index contributed by atoms with van der Waals surface area (Å²) in [5.41, 5.74) is 1.87. The van der Waals surface area contributed by atoms with Gasteiger partial charge in [-0.1, -0.05) is 56.9 Å². The lowest BCUT2D eigenvalue weighted by Gasteiger charge is -2.30. The molecule has 0 aromatic heterocycles. The number of carboxylic acids is 1. The minimum absolute atomic E-state index is 0.197. The monoisotopic (exact) mass is 301 g/mol. The molecule has 2 N–H and O–H groups in total. The van der Waals surface area contributed by atoms with E-state index in [0.29, 0.717) is 6.54 Å². The molecule has 1 aromatic rings. The molecular weight excluding hydrogens is 274 g/mol. The average molecular weight is 301 g/mol. The van der Waals surface area contributed by atoms with E-state index >= 15 is 0 Å². The molecule has 0 saturated heterocycles. The number of carboxylic acid groups (broad SMARTS) is 1. The summed E-state index contributed by atoms with van der Waals surface area (Å²) in [6.45, 7) is 2.70. The first-order chi connectivity index (χ1) is 10.6. The van der Waals surface area contributed by atoms with Crippen LogP contribution in [0, 0.1) is 11.8 Å². The van der Waals surface area contributed by atoms with Gasteiger partial charge in [-0.25, -0.2) is 0 Å². The molecule has 3 nitrogen and oxygen atoms in total. The smallest absolute Gasteiger partial charge is 0.324 e. The molecule has 2 aliphatic rings. The van der Waals surface area contributed by atoms with Gasteiger partial charge in [-0.15, -0.1) is 0 Å². The molecule has 2 atom stereocenters. The summed E-state index contributed by atoms with van der Waals surface area (Å²) in [5, 5.41) is 13.0. The Morgan fingerprint density at radius 1 is 1.27 bits per heavy atom. The van der Waals surface area contributed by atoms with Gasteiger partial charge in [0.1, 0.15) is 5.54 Å². The summed E-state index contributed by atoms with van der Waals surface area (Å²) in [5.74, 6) is 0.370. The second-order valence-electron chi connectivity index (χ2n) is 7.24. The third-order valence-electron chi connectivity index (χ3n) is 5.78. The Bertz CT molecular complexity index is 538. The topological polar surface area (TPSA) is 49.3 Å².